The first-order valence-electron chi connectivity index (χ1n) is 10.1. The standard InChI is InChI=1S/C23H23FN4O4/c1-27-11-10-25-20(27)12-28-19(13-29)22(32-14-21(28)30)15-4-8-18(9-5-15)26-23(31)16-2-6-17(24)7-3-16/h2-11,19,22,29H,12-14H2,1H3,(H,26,31). The van der Waals surface area contributed by atoms with Gasteiger partial charge in [0.05, 0.1) is 19.2 Å². The minimum atomic E-state index is -0.576. The second kappa shape index (κ2) is 9.29. The van der Waals surface area contributed by atoms with Crippen molar-refractivity contribution in [3.8, 4) is 0 Å². The molecule has 0 saturated carbocycles. The van der Waals surface area contributed by atoms with Crippen LogP contribution in [0, 0.1) is 5.82 Å². The SMILES string of the molecule is Cn1ccnc1CN1C(=O)COC(c2ccc(NC(=O)c3ccc(F)cc3)cc2)C1CO. The molecule has 1 saturated heterocycles. The second-order valence-corrected chi connectivity index (χ2v) is 7.54. The van der Waals surface area contributed by atoms with Crippen LogP contribution in [0.4, 0.5) is 10.1 Å². The Hall–Kier alpha value is -3.56. The van der Waals surface area contributed by atoms with Crippen LogP contribution in [0.1, 0.15) is 27.8 Å². The summed E-state index contributed by atoms with van der Waals surface area (Å²) in [7, 11) is 1.84. The number of hydrogen-bond donors (Lipinski definition) is 2. The lowest BCUT2D eigenvalue weighted by Gasteiger charge is -2.40. The first kappa shape index (κ1) is 21.7. The number of nitrogens with one attached hydrogen (secondary N) is 1. The van der Waals surface area contributed by atoms with Gasteiger partial charge < -0.3 is 24.6 Å². The Labute approximate surface area is 184 Å². The van der Waals surface area contributed by atoms with Crippen LogP contribution < -0.4 is 5.32 Å². The summed E-state index contributed by atoms with van der Waals surface area (Å²) in [6, 6.07) is 11.7. The molecule has 2 aromatic carbocycles. The predicted octanol–water partition coefficient (Wildman–Crippen LogP) is 2.27. The average Bonchev–Trinajstić information content (AvgIpc) is 3.20. The number of aliphatic hydroxyl groups excluding tert-OH is 1. The van der Waals surface area contributed by atoms with E-state index >= 15 is 0 Å². The fourth-order valence-corrected chi connectivity index (χ4v) is 3.68. The zero-order valence-corrected chi connectivity index (χ0v) is 17.4. The average molecular weight is 438 g/mol. The summed E-state index contributed by atoms with van der Waals surface area (Å²) in [6.45, 7) is -0.113. The van der Waals surface area contributed by atoms with Gasteiger partial charge in [0, 0.05) is 30.7 Å². The Morgan fingerprint density at radius 2 is 1.94 bits per heavy atom. The molecule has 2 atom stereocenters. The van der Waals surface area contributed by atoms with E-state index in [2.05, 4.69) is 10.3 Å². The van der Waals surface area contributed by atoms with Crippen molar-refractivity contribution in [3.05, 3.63) is 83.7 Å². The fourth-order valence-electron chi connectivity index (χ4n) is 3.68. The molecule has 4 rings (SSSR count). The van der Waals surface area contributed by atoms with E-state index in [0.717, 1.165) is 5.56 Å². The van der Waals surface area contributed by atoms with E-state index in [1.54, 1.807) is 41.6 Å². The maximum atomic E-state index is 13.0. The van der Waals surface area contributed by atoms with Crippen molar-refractivity contribution in [2.45, 2.75) is 18.7 Å². The molecule has 2 amide bonds. The van der Waals surface area contributed by atoms with Gasteiger partial charge in [-0.2, -0.15) is 0 Å². The number of benzene rings is 2. The van der Waals surface area contributed by atoms with Crippen molar-refractivity contribution in [3.63, 3.8) is 0 Å². The lowest BCUT2D eigenvalue weighted by Crippen LogP contribution is -2.52. The molecule has 0 bridgehead atoms. The lowest BCUT2D eigenvalue weighted by molar-refractivity contribution is -0.162. The summed E-state index contributed by atoms with van der Waals surface area (Å²) in [5.41, 5.74) is 1.66. The number of carbonyl (C=O) groups is 2. The molecule has 2 heterocycles. The molecule has 0 spiro atoms. The van der Waals surface area contributed by atoms with Crippen molar-refractivity contribution in [2.24, 2.45) is 7.05 Å². The molecule has 2 unspecified atom stereocenters. The van der Waals surface area contributed by atoms with Gasteiger partial charge in [0.1, 0.15) is 24.4 Å². The third-order valence-corrected chi connectivity index (χ3v) is 5.48. The summed E-state index contributed by atoms with van der Waals surface area (Å²) in [5.74, 6) is -0.276. The number of ether oxygens (including phenoxy) is 1. The van der Waals surface area contributed by atoms with E-state index in [1.807, 2.05) is 11.6 Å². The van der Waals surface area contributed by atoms with Crippen molar-refractivity contribution < 1.29 is 23.8 Å². The number of imidazole rings is 1. The Morgan fingerprint density at radius 3 is 2.56 bits per heavy atom. The van der Waals surface area contributed by atoms with Crippen LogP contribution in [-0.4, -0.2) is 50.6 Å². The van der Waals surface area contributed by atoms with Crippen LogP contribution in [0.5, 0.6) is 0 Å². The van der Waals surface area contributed by atoms with Crippen LogP contribution in [0.15, 0.2) is 60.9 Å². The first-order valence-corrected chi connectivity index (χ1v) is 10.1. The molecule has 9 heteroatoms. The maximum Gasteiger partial charge on any atom is 0.255 e. The number of rotatable bonds is 6. The van der Waals surface area contributed by atoms with Crippen molar-refractivity contribution in [1.29, 1.82) is 0 Å². The normalized spacial score (nSPS) is 18.6. The van der Waals surface area contributed by atoms with Gasteiger partial charge in [-0.3, -0.25) is 9.59 Å². The van der Waals surface area contributed by atoms with Crippen molar-refractivity contribution in [1.82, 2.24) is 14.5 Å². The number of morpholine rings is 1. The fraction of sp³-hybridized carbons (Fsp3) is 0.261. The van der Waals surface area contributed by atoms with E-state index < -0.39 is 18.0 Å². The topological polar surface area (TPSA) is 96.7 Å². The number of aryl methyl sites for hydroxylation is 1. The molecule has 1 aromatic heterocycles. The van der Waals surface area contributed by atoms with E-state index in [1.165, 1.54) is 24.3 Å². The number of hydrogen-bond acceptors (Lipinski definition) is 5. The molecule has 32 heavy (non-hydrogen) atoms. The molecule has 166 valence electrons. The molecule has 0 aliphatic carbocycles. The molecular formula is C23H23FN4O4. The van der Waals surface area contributed by atoms with Gasteiger partial charge >= 0.3 is 0 Å². The van der Waals surface area contributed by atoms with Crippen LogP contribution in [0.25, 0.3) is 0 Å². The van der Waals surface area contributed by atoms with Gasteiger partial charge in [-0.15, -0.1) is 0 Å². The molecular weight excluding hydrogens is 415 g/mol. The number of anilines is 1. The monoisotopic (exact) mass is 438 g/mol. The molecule has 1 fully saturated rings. The Morgan fingerprint density at radius 1 is 1.22 bits per heavy atom. The molecule has 1 aliphatic heterocycles. The molecule has 8 nitrogen and oxygen atoms in total. The highest BCUT2D eigenvalue weighted by Gasteiger charge is 2.37. The number of amides is 2. The second-order valence-electron chi connectivity index (χ2n) is 7.54. The maximum absolute atomic E-state index is 13.0. The van der Waals surface area contributed by atoms with Crippen LogP contribution in [0.2, 0.25) is 0 Å². The number of carbonyl (C=O) groups excluding carboxylic acids is 2. The molecule has 3 aromatic rings. The Bertz CT molecular complexity index is 1100. The van der Waals surface area contributed by atoms with Crippen LogP contribution in [0.3, 0.4) is 0 Å². The summed E-state index contributed by atoms with van der Waals surface area (Å²) < 4.78 is 20.6. The van der Waals surface area contributed by atoms with E-state index in [4.69, 9.17) is 4.74 Å². The Kier molecular flexibility index (Phi) is 6.29. The van der Waals surface area contributed by atoms with Crippen LogP contribution in [-0.2, 0) is 23.1 Å². The third-order valence-electron chi connectivity index (χ3n) is 5.48. The zero-order valence-electron chi connectivity index (χ0n) is 17.4. The quantitative estimate of drug-likeness (QED) is 0.616. The minimum absolute atomic E-state index is 0.103. The van der Waals surface area contributed by atoms with Crippen LogP contribution >= 0.6 is 0 Å². The van der Waals surface area contributed by atoms with Gasteiger partial charge in [0.2, 0.25) is 5.91 Å². The highest BCUT2D eigenvalue weighted by atomic mass is 19.1. The van der Waals surface area contributed by atoms with Gasteiger partial charge in [0.25, 0.3) is 5.91 Å². The Balaban J connectivity index is 1.48. The summed E-state index contributed by atoms with van der Waals surface area (Å²) in [6.07, 6.45) is 2.93. The summed E-state index contributed by atoms with van der Waals surface area (Å²) >= 11 is 0. The van der Waals surface area contributed by atoms with E-state index in [0.29, 0.717) is 17.1 Å². The predicted molar refractivity (Wildman–Crippen MR) is 114 cm³/mol. The number of halogens is 1. The van der Waals surface area contributed by atoms with Gasteiger partial charge in [-0.1, -0.05) is 12.1 Å². The largest absolute Gasteiger partial charge is 0.394 e. The lowest BCUT2D eigenvalue weighted by atomic mass is 9.99. The number of aliphatic hydroxyl groups is 1. The number of aromatic nitrogens is 2. The van der Waals surface area contributed by atoms with E-state index in [-0.39, 0.29) is 31.6 Å². The van der Waals surface area contributed by atoms with Gasteiger partial charge in [-0.25, -0.2) is 9.37 Å². The molecule has 1 aliphatic rings. The minimum Gasteiger partial charge on any atom is -0.394 e. The highest BCUT2D eigenvalue weighted by Crippen LogP contribution is 2.30. The third kappa shape index (κ3) is 4.53. The first-order chi connectivity index (χ1) is 15.5. The van der Waals surface area contributed by atoms with Gasteiger partial charge in [-0.05, 0) is 42.0 Å². The summed E-state index contributed by atoms with van der Waals surface area (Å²) in [5, 5.41) is 12.8. The van der Waals surface area contributed by atoms with Crippen molar-refractivity contribution >= 4 is 17.5 Å². The van der Waals surface area contributed by atoms with E-state index in [9.17, 15) is 19.1 Å². The smallest absolute Gasteiger partial charge is 0.255 e. The van der Waals surface area contributed by atoms with Crippen molar-refractivity contribution in [2.75, 3.05) is 18.5 Å². The summed E-state index contributed by atoms with van der Waals surface area (Å²) in [4.78, 5) is 30.7. The zero-order chi connectivity index (χ0) is 22.7. The number of nitrogens with zero attached hydrogens (tertiary/aromatic N) is 3. The molecule has 2 N–H and O–H groups in total. The van der Waals surface area contributed by atoms with Gasteiger partial charge in [0.15, 0.2) is 0 Å². The highest BCUT2D eigenvalue weighted by molar-refractivity contribution is 6.04. The molecule has 0 radical (unpaired) electrons.